The first-order valence-corrected chi connectivity index (χ1v) is 9.79. The van der Waals surface area contributed by atoms with Crippen molar-refractivity contribution < 1.29 is 14.0 Å². The SMILES string of the molecule is CC(C)CC1CN(C(=O)C=Cc2ccc(F)c(Cl)c2)C(CC(C)C)C(=O)N1. The predicted molar refractivity (Wildman–Crippen MR) is 107 cm³/mol. The summed E-state index contributed by atoms with van der Waals surface area (Å²) in [5, 5.41) is 3.07. The van der Waals surface area contributed by atoms with Gasteiger partial charge in [0.2, 0.25) is 11.8 Å². The van der Waals surface area contributed by atoms with Gasteiger partial charge in [0.1, 0.15) is 11.9 Å². The van der Waals surface area contributed by atoms with E-state index in [1.165, 1.54) is 18.2 Å². The Morgan fingerprint density at radius 1 is 1.30 bits per heavy atom. The Morgan fingerprint density at radius 3 is 2.56 bits per heavy atom. The van der Waals surface area contributed by atoms with Crippen molar-refractivity contribution in [3.63, 3.8) is 0 Å². The lowest BCUT2D eigenvalue weighted by Crippen LogP contribution is -2.61. The molecule has 0 radical (unpaired) electrons. The number of hydrogen-bond donors (Lipinski definition) is 1. The molecule has 2 atom stereocenters. The lowest BCUT2D eigenvalue weighted by molar-refractivity contribution is -0.142. The molecule has 2 rings (SSSR count). The molecule has 1 N–H and O–H groups in total. The molecular weight excluding hydrogens is 367 g/mol. The second-order valence-corrected chi connectivity index (χ2v) is 8.39. The first-order valence-electron chi connectivity index (χ1n) is 9.41. The number of rotatable bonds is 6. The molecule has 2 unspecified atom stereocenters. The van der Waals surface area contributed by atoms with Crippen LogP contribution in [-0.2, 0) is 9.59 Å². The molecule has 4 nitrogen and oxygen atoms in total. The Labute approximate surface area is 165 Å². The van der Waals surface area contributed by atoms with Crippen LogP contribution in [-0.4, -0.2) is 35.3 Å². The minimum atomic E-state index is -0.499. The van der Waals surface area contributed by atoms with Gasteiger partial charge in [0.05, 0.1) is 5.02 Å². The van der Waals surface area contributed by atoms with E-state index in [1.54, 1.807) is 17.0 Å². The van der Waals surface area contributed by atoms with Gasteiger partial charge in [0.15, 0.2) is 0 Å². The number of carbonyl (C=O) groups is 2. The molecule has 148 valence electrons. The van der Waals surface area contributed by atoms with Gasteiger partial charge in [-0.1, -0.05) is 45.4 Å². The van der Waals surface area contributed by atoms with Crippen LogP contribution in [0.1, 0.15) is 46.1 Å². The number of nitrogens with zero attached hydrogens (tertiary/aromatic N) is 1. The summed E-state index contributed by atoms with van der Waals surface area (Å²) in [4.78, 5) is 27.1. The van der Waals surface area contributed by atoms with Crippen molar-refractivity contribution in [2.24, 2.45) is 11.8 Å². The maximum atomic E-state index is 13.3. The Hall–Kier alpha value is -1.88. The zero-order valence-corrected chi connectivity index (χ0v) is 17.1. The van der Waals surface area contributed by atoms with Gasteiger partial charge in [0, 0.05) is 18.7 Å². The lowest BCUT2D eigenvalue weighted by atomic mass is 9.95. The van der Waals surface area contributed by atoms with Gasteiger partial charge >= 0.3 is 0 Å². The Bertz CT molecular complexity index is 718. The average Bonchev–Trinajstić information content (AvgIpc) is 2.57. The van der Waals surface area contributed by atoms with Crippen LogP contribution in [0.15, 0.2) is 24.3 Å². The molecule has 0 aliphatic carbocycles. The van der Waals surface area contributed by atoms with E-state index in [2.05, 4.69) is 19.2 Å². The fraction of sp³-hybridized carbons (Fsp3) is 0.524. The molecule has 0 aromatic heterocycles. The summed E-state index contributed by atoms with van der Waals surface area (Å²) in [6.45, 7) is 8.75. The highest BCUT2D eigenvalue weighted by Gasteiger charge is 2.36. The predicted octanol–water partition coefficient (Wildman–Crippen LogP) is 4.28. The molecule has 2 amide bonds. The second-order valence-electron chi connectivity index (χ2n) is 7.98. The van der Waals surface area contributed by atoms with Crippen LogP contribution in [0.4, 0.5) is 4.39 Å². The van der Waals surface area contributed by atoms with Crippen molar-refractivity contribution in [3.05, 3.63) is 40.7 Å². The summed E-state index contributed by atoms with van der Waals surface area (Å²) in [6, 6.07) is 3.78. The fourth-order valence-corrected chi connectivity index (χ4v) is 3.54. The van der Waals surface area contributed by atoms with E-state index < -0.39 is 11.9 Å². The first kappa shape index (κ1) is 21.4. The van der Waals surface area contributed by atoms with Crippen molar-refractivity contribution >= 4 is 29.5 Å². The largest absolute Gasteiger partial charge is 0.350 e. The summed E-state index contributed by atoms with van der Waals surface area (Å²) in [6.07, 6.45) is 4.47. The molecule has 0 spiro atoms. The summed E-state index contributed by atoms with van der Waals surface area (Å²) in [5.41, 5.74) is 0.635. The average molecular weight is 395 g/mol. The number of carbonyl (C=O) groups excluding carboxylic acids is 2. The monoisotopic (exact) mass is 394 g/mol. The van der Waals surface area contributed by atoms with Crippen LogP contribution in [0.3, 0.4) is 0 Å². The smallest absolute Gasteiger partial charge is 0.247 e. The van der Waals surface area contributed by atoms with Gasteiger partial charge in [-0.2, -0.15) is 0 Å². The molecule has 1 fully saturated rings. The van der Waals surface area contributed by atoms with Gasteiger partial charge in [-0.15, -0.1) is 0 Å². The van der Waals surface area contributed by atoms with Crippen molar-refractivity contribution in [3.8, 4) is 0 Å². The van der Waals surface area contributed by atoms with Gasteiger partial charge in [-0.3, -0.25) is 9.59 Å². The van der Waals surface area contributed by atoms with Crippen LogP contribution in [0.5, 0.6) is 0 Å². The highest BCUT2D eigenvalue weighted by atomic mass is 35.5. The molecule has 1 heterocycles. The number of nitrogens with one attached hydrogen (secondary N) is 1. The van der Waals surface area contributed by atoms with Crippen LogP contribution >= 0.6 is 11.6 Å². The van der Waals surface area contributed by atoms with Gasteiger partial charge < -0.3 is 10.2 Å². The van der Waals surface area contributed by atoms with Crippen molar-refractivity contribution in [2.45, 2.75) is 52.6 Å². The van der Waals surface area contributed by atoms with Crippen LogP contribution < -0.4 is 5.32 Å². The van der Waals surface area contributed by atoms with E-state index in [1.807, 2.05) is 13.8 Å². The van der Waals surface area contributed by atoms with Crippen molar-refractivity contribution in [2.75, 3.05) is 6.54 Å². The lowest BCUT2D eigenvalue weighted by Gasteiger charge is -2.40. The van der Waals surface area contributed by atoms with Crippen molar-refractivity contribution in [1.82, 2.24) is 10.2 Å². The van der Waals surface area contributed by atoms with E-state index in [-0.39, 0.29) is 28.8 Å². The Kier molecular flexibility index (Phi) is 7.42. The summed E-state index contributed by atoms with van der Waals surface area (Å²) < 4.78 is 13.3. The number of halogens is 2. The molecule has 1 aromatic carbocycles. The number of hydrogen-bond acceptors (Lipinski definition) is 2. The molecular formula is C21H28ClFN2O2. The van der Waals surface area contributed by atoms with Crippen LogP contribution in [0.25, 0.3) is 6.08 Å². The van der Waals surface area contributed by atoms with Gasteiger partial charge in [-0.05, 0) is 48.4 Å². The zero-order valence-electron chi connectivity index (χ0n) is 16.3. The normalized spacial score (nSPS) is 20.6. The van der Waals surface area contributed by atoms with E-state index in [0.29, 0.717) is 24.4 Å². The molecule has 1 saturated heterocycles. The van der Waals surface area contributed by atoms with E-state index in [4.69, 9.17) is 11.6 Å². The van der Waals surface area contributed by atoms with Gasteiger partial charge in [0.25, 0.3) is 0 Å². The minimum absolute atomic E-state index is 0.0108. The molecule has 0 bridgehead atoms. The quantitative estimate of drug-likeness (QED) is 0.732. The second kappa shape index (κ2) is 9.36. The molecule has 1 aliphatic rings. The number of piperazine rings is 1. The molecule has 1 aromatic rings. The third-order valence-electron chi connectivity index (χ3n) is 4.54. The Balaban J connectivity index is 2.19. The summed E-state index contributed by atoms with van der Waals surface area (Å²) >= 11 is 5.79. The first-order chi connectivity index (χ1) is 12.7. The summed E-state index contributed by atoms with van der Waals surface area (Å²) in [7, 11) is 0. The van der Waals surface area contributed by atoms with E-state index in [0.717, 1.165) is 6.42 Å². The third-order valence-corrected chi connectivity index (χ3v) is 4.83. The highest BCUT2D eigenvalue weighted by Crippen LogP contribution is 2.21. The third kappa shape index (κ3) is 6.06. The molecule has 0 saturated carbocycles. The minimum Gasteiger partial charge on any atom is -0.350 e. The number of benzene rings is 1. The zero-order chi connectivity index (χ0) is 20.1. The molecule has 6 heteroatoms. The van der Waals surface area contributed by atoms with Crippen molar-refractivity contribution in [1.29, 1.82) is 0 Å². The Morgan fingerprint density at radius 2 is 1.96 bits per heavy atom. The topological polar surface area (TPSA) is 49.4 Å². The maximum Gasteiger partial charge on any atom is 0.247 e. The van der Waals surface area contributed by atoms with Crippen LogP contribution in [0, 0.1) is 17.7 Å². The maximum absolute atomic E-state index is 13.3. The number of amides is 2. The highest BCUT2D eigenvalue weighted by molar-refractivity contribution is 6.30. The fourth-order valence-electron chi connectivity index (χ4n) is 3.36. The van der Waals surface area contributed by atoms with E-state index in [9.17, 15) is 14.0 Å². The van der Waals surface area contributed by atoms with E-state index >= 15 is 0 Å². The molecule has 27 heavy (non-hydrogen) atoms. The summed E-state index contributed by atoms with van der Waals surface area (Å²) in [5.74, 6) is -0.0957. The van der Waals surface area contributed by atoms with Gasteiger partial charge in [-0.25, -0.2) is 4.39 Å². The molecule has 1 aliphatic heterocycles. The van der Waals surface area contributed by atoms with Crippen LogP contribution in [0.2, 0.25) is 5.02 Å². The standard InChI is InChI=1S/C21H28ClFN2O2/c1-13(2)9-16-12-25(19(10-14(3)4)21(27)24-16)20(26)8-6-15-5-7-18(23)17(22)11-15/h5-8,11,13-14,16,19H,9-10,12H2,1-4H3,(H,24,27).